The molecule has 1 amide bonds. The topological polar surface area (TPSA) is 29.1 Å². The van der Waals surface area contributed by atoms with Crippen molar-refractivity contribution in [2.75, 3.05) is 6.54 Å². The van der Waals surface area contributed by atoms with Gasteiger partial charge in [-0.1, -0.05) is 12.5 Å². The summed E-state index contributed by atoms with van der Waals surface area (Å²) in [7, 11) is 0. The van der Waals surface area contributed by atoms with Crippen molar-refractivity contribution < 1.29 is 4.79 Å². The first-order chi connectivity index (χ1) is 5.84. The SMILES string of the molecule is C=CCCC1CCCCNC1=O. The van der Waals surface area contributed by atoms with Gasteiger partial charge in [-0.25, -0.2) is 0 Å². The lowest BCUT2D eigenvalue weighted by Crippen LogP contribution is -2.28. The number of carbonyl (C=O) groups excluding carboxylic acids is 1. The van der Waals surface area contributed by atoms with Gasteiger partial charge in [-0.15, -0.1) is 6.58 Å². The van der Waals surface area contributed by atoms with Crippen molar-refractivity contribution in [2.24, 2.45) is 5.92 Å². The first kappa shape index (κ1) is 9.30. The van der Waals surface area contributed by atoms with Gasteiger partial charge in [0, 0.05) is 12.5 Å². The molecule has 2 nitrogen and oxygen atoms in total. The molecule has 0 spiro atoms. The molecular weight excluding hydrogens is 150 g/mol. The van der Waals surface area contributed by atoms with Gasteiger partial charge in [-0.2, -0.15) is 0 Å². The van der Waals surface area contributed by atoms with Crippen LogP contribution in [0.5, 0.6) is 0 Å². The Balaban J connectivity index is 2.36. The summed E-state index contributed by atoms with van der Waals surface area (Å²) in [5.74, 6) is 0.486. The molecule has 12 heavy (non-hydrogen) atoms. The van der Waals surface area contributed by atoms with Crippen molar-refractivity contribution in [3.05, 3.63) is 12.7 Å². The van der Waals surface area contributed by atoms with Crippen LogP contribution in [0.2, 0.25) is 0 Å². The Hall–Kier alpha value is -0.790. The van der Waals surface area contributed by atoms with E-state index in [1.165, 1.54) is 6.42 Å². The second-order valence-corrected chi connectivity index (χ2v) is 3.35. The Labute approximate surface area is 74.0 Å². The number of rotatable bonds is 3. The van der Waals surface area contributed by atoms with Crippen LogP contribution in [0, 0.1) is 5.92 Å². The third kappa shape index (κ3) is 2.68. The minimum Gasteiger partial charge on any atom is -0.356 e. The predicted octanol–water partition coefficient (Wildman–Crippen LogP) is 1.87. The Bertz CT molecular complexity index is 165. The zero-order chi connectivity index (χ0) is 8.81. The second kappa shape index (κ2) is 4.96. The number of nitrogens with one attached hydrogen (secondary N) is 1. The average molecular weight is 167 g/mol. The highest BCUT2D eigenvalue weighted by Gasteiger charge is 2.18. The largest absolute Gasteiger partial charge is 0.356 e. The first-order valence-corrected chi connectivity index (χ1v) is 4.73. The highest BCUT2D eigenvalue weighted by atomic mass is 16.1. The smallest absolute Gasteiger partial charge is 0.223 e. The Morgan fingerprint density at radius 1 is 1.58 bits per heavy atom. The van der Waals surface area contributed by atoms with Crippen LogP contribution in [0.3, 0.4) is 0 Å². The van der Waals surface area contributed by atoms with E-state index in [4.69, 9.17) is 0 Å². The molecule has 1 rings (SSSR count). The summed E-state index contributed by atoms with van der Waals surface area (Å²) in [6.45, 7) is 4.53. The molecule has 0 aliphatic carbocycles. The summed E-state index contributed by atoms with van der Waals surface area (Å²) < 4.78 is 0. The highest BCUT2D eigenvalue weighted by molar-refractivity contribution is 5.78. The summed E-state index contributed by atoms with van der Waals surface area (Å²) >= 11 is 0. The molecule has 0 aromatic heterocycles. The van der Waals surface area contributed by atoms with Crippen molar-refractivity contribution >= 4 is 5.91 Å². The Morgan fingerprint density at radius 3 is 3.17 bits per heavy atom. The maximum atomic E-state index is 11.4. The maximum Gasteiger partial charge on any atom is 0.223 e. The van der Waals surface area contributed by atoms with E-state index in [0.717, 1.165) is 32.2 Å². The molecule has 2 heteroatoms. The van der Waals surface area contributed by atoms with Gasteiger partial charge in [-0.05, 0) is 25.7 Å². The molecule has 0 aromatic rings. The monoisotopic (exact) mass is 167 g/mol. The Morgan fingerprint density at radius 2 is 2.42 bits per heavy atom. The lowest BCUT2D eigenvalue weighted by atomic mass is 9.97. The van der Waals surface area contributed by atoms with E-state index in [9.17, 15) is 4.79 Å². The molecule has 1 fully saturated rings. The van der Waals surface area contributed by atoms with Crippen LogP contribution in [0.1, 0.15) is 32.1 Å². The fraction of sp³-hybridized carbons (Fsp3) is 0.700. The summed E-state index contributed by atoms with van der Waals surface area (Å²) in [6.07, 6.45) is 7.18. The standard InChI is InChI=1S/C10H17NO/c1-2-3-6-9-7-4-5-8-11-10(9)12/h2,9H,1,3-8H2,(H,11,12). The van der Waals surface area contributed by atoms with Gasteiger partial charge in [0.25, 0.3) is 0 Å². The van der Waals surface area contributed by atoms with Gasteiger partial charge in [0.2, 0.25) is 5.91 Å². The van der Waals surface area contributed by atoms with Crippen molar-refractivity contribution in [2.45, 2.75) is 32.1 Å². The van der Waals surface area contributed by atoms with E-state index in [2.05, 4.69) is 11.9 Å². The van der Waals surface area contributed by atoms with E-state index in [-0.39, 0.29) is 11.8 Å². The summed E-state index contributed by atoms with van der Waals surface area (Å²) in [6, 6.07) is 0. The lowest BCUT2D eigenvalue weighted by Gasteiger charge is -2.10. The van der Waals surface area contributed by atoms with Gasteiger partial charge in [0.15, 0.2) is 0 Å². The summed E-state index contributed by atoms with van der Waals surface area (Å²) in [5, 5.41) is 2.93. The number of allylic oxidation sites excluding steroid dienone is 1. The molecule has 1 unspecified atom stereocenters. The van der Waals surface area contributed by atoms with Crippen molar-refractivity contribution in [1.82, 2.24) is 5.32 Å². The quantitative estimate of drug-likeness (QED) is 0.639. The van der Waals surface area contributed by atoms with Gasteiger partial charge >= 0.3 is 0 Å². The van der Waals surface area contributed by atoms with Gasteiger partial charge in [0.05, 0.1) is 0 Å². The normalized spacial score (nSPS) is 24.3. The van der Waals surface area contributed by atoms with Gasteiger partial charge < -0.3 is 5.32 Å². The molecule has 1 heterocycles. The van der Waals surface area contributed by atoms with Gasteiger partial charge in [-0.3, -0.25) is 4.79 Å². The maximum absolute atomic E-state index is 11.4. The minimum absolute atomic E-state index is 0.241. The van der Waals surface area contributed by atoms with Crippen LogP contribution in [-0.4, -0.2) is 12.5 Å². The molecule has 1 N–H and O–H groups in total. The molecule has 1 atom stereocenters. The van der Waals surface area contributed by atoms with Crippen molar-refractivity contribution in [1.29, 1.82) is 0 Å². The predicted molar refractivity (Wildman–Crippen MR) is 49.8 cm³/mol. The van der Waals surface area contributed by atoms with Crippen LogP contribution in [-0.2, 0) is 4.79 Å². The van der Waals surface area contributed by atoms with Crippen molar-refractivity contribution in [3.63, 3.8) is 0 Å². The van der Waals surface area contributed by atoms with Crippen LogP contribution in [0.25, 0.3) is 0 Å². The number of hydrogen-bond donors (Lipinski definition) is 1. The fourth-order valence-corrected chi connectivity index (χ4v) is 1.60. The molecule has 0 saturated carbocycles. The van der Waals surface area contributed by atoms with Crippen molar-refractivity contribution in [3.8, 4) is 0 Å². The summed E-state index contributed by atoms with van der Waals surface area (Å²) in [4.78, 5) is 11.4. The lowest BCUT2D eigenvalue weighted by molar-refractivity contribution is -0.124. The number of carbonyl (C=O) groups is 1. The van der Waals surface area contributed by atoms with E-state index in [1.807, 2.05) is 6.08 Å². The molecule has 1 aliphatic rings. The van der Waals surface area contributed by atoms with E-state index in [0.29, 0.717) is 0 Å². The van der Waals surface area contributed by atoms with E-state index in [1.54, 1.807) is 0 Å². The third-order valence-corrected chi connectivity index (χ3v) is 2.37. The number of hydrogen-bond acceptors (Lipinski definition) is 1. The van der Waals surface area contributed by atoms with Crippen LogP contribution < -0.4 is 5.32 Å². The summed E-state index contributed by atoms with van der Waals surface area (Å²) in [5.41, 5.74) is 0. The first-order valence-electron chi connectivity index (χ1n) is 4.73. The van der Waals surface area contributed by atoms with Crippen LogP contribution >= 0.6 is 0 Å². The second-order valence-electron chi connectivity index (χ2n) is 3.35. The molecular formula is C10H17NO. The molecule has 0 radical (unpaired) electrons. The Kier molecular flexibility index (Phi) is 3.85. The van der Waals surface area contributed by atoms with E-state index < -0.39 is 0 Å². The van der Waals surface area contributed by atoms with Crippen LogP contribution in [0.4, 0.5) is 0 Å². The fourth-order valence-electron chi connectivity index (χ4n) is 1.60. The van der Waals surface area contributed by atoms with E-state index >= 15 is 0 Å². The highest BCUT2D eigenvalue weighted by Crippen LogP contribution is 2.17. The molecule has 0 bridgehead atoms. The minimum atomic E-state index is 0.241. The number of amides is 1. The molecule has 0 aromatic carbocycles. The average Bonchev–Trinajstić information content (AvgIpc) is 2.27. The molecule has 1 saturated heterocycles. The zero-order valence-electron chi connectivity index (χ0n) is 7.51. The van der Waals surface area contributed by atoms with Gasteiger partial charge in [0.1, 0.15) is 0 Å². The molecule has 68 valence electrons. The van der Waals surface area contributed by atoms with Crippen LogP contribution in [0.15, 0.2) is 12.7 Å². The zero-order valence-corrected chi connectivity index (χ0v) is 7.51. The third-order valence-electron chi connectivity index (χ3n) is 2.37. The molecule has 1 aliphatic heterocycles.